The third-order valence-corrected chi connectivity index (χ3v) is 5.75. The molecule has 2 saturated heterocycles. The number of nitrogens with one attached hydrogen (secondary N) is 2. The number of carboxylic acids is 1. The largest absolute Gasteiger partial charge is 0.481 e. The molecule has 3 fully saturated rings. The van der Waals surface area contributed by atoms with Gasteiger partial charge in [0.15, 0.2) is 0 Å². The zero-order valence-electron chi connectivity index (χ0n) is 12.9. The fourth-order valence-corrected chi connectivity index (χ4v) is 4.38. The van der Waals surface area contributed by atoms with Crippen LogP contribution in [0.15, 0.2) is 11.4 Å². The number of fused-ring (bicyclic) bond motifs is 2. The first-order valence-electron chi connectivity index (χ1n) is 8.12. The van der Waals surface area contributed by atoms with Gasteiger partial charge in [-0.15, -0.1) is 11.3 Å². The van der Waals surface area contributed by atoms with Crippen LogP contribution in [0, 0.1) is 11.8 Å². The standard InChI is InChI=1S/C16H18N2O5S/c19-13(17-7-1-2-7)8-5-6-24-15(8)18-14(20)11-9-3-4-10(23-9)12(11)16(21)22/h5-7,9-12H,1-4H2,(H,17,19)(H,18,20)(H,21,22)/t9-,10-,11+,12-/m0/s1. The maximum atomic E-state index is 12.6. The fourth-order valence-electron chi connectivity index (χ4n) is 3.60. The molecule has 0 radical (unpaired) electrons. The summed E-state index contributed by atoms with van der Waals surface area (Å²) in [5.41, 5.74) is 0.427. The first-order chi connectivity index (χ1) is 11.5. The number of thiophene rings is 1. The second-order valence-electron chi connectivity index (χ2n) is 6.58. The zero-order chi connectivity index (χ0) is 16.8. The van der Waals surface area contributed by atoms with Crippen LogP contribution in [0.3, 0.4) is 0 Å². The molecule has 7 nitrogen and oxygen atoms in total. The highest BCUT2D eigenvalue weighted by Gasteiger charge is 2.55. The molecule has 4 atom stereocenters. The summed E-state index contributed by atoms with van der Waals surface area (Å²) in [5.74, 6) is -3.10. The van der Waals surface area contributed by atoms with Crippen molar-refractivity contribution in [1.29, 1.82) is 0 Å². The highest BCUT2D eigenvalue weighted by Crippen LogP contribution is 2.44. The summed E-state index contributed by atoms with van der Waals surface area (Å²) in [6.07, 6.45) is 2.62. The van der Waals surface area contributed by atoms with Gasteiger partial charge >= 0.3 is 5.97 Å². The number of aliphatic carboxylic acids is 1. The van der Waals surface area contributed by atoms with Crippen LogP contribution in [0.4, 0.5) is 5.00 Å². The maximum Gasteiger partial charge on any atom is 0.310 e. The van der Waals surface area contributed by atoms with Crippen molar-refractivity contribution in [2.45, 2.75) is 43.9 Å². The highest BCUT2D eigenvalue weighted by molar-refractivity contribution is 7.14. The lowest BCUT2D eigenvalue weighted by Gasteiger charge is -2.23. The predicted octanol–water partition coefficient (Wildman–Crippen LogP) is 1.46. The number of anilines is 1. The van der Waals surface area contributed by atoms with Crippen LogP contribution in [0.2, 0.25) is 0 Å². The van der Waals surface area contributed by atoms with Crippen molar-refractivity contribution < 1.29 is 24.2 Å². The van der Waals surface area contributed by atoms with Crippen LogP contribution in [0.25, 0.3) is 0 Å². The number of ether oxygens (including phenoxy) is 1. The quantitative estimate of drug-likeness (QED) is 0.746. The van der Waals surface area contributed by atoms with Gasteiger partial charge in [-0.25, -0.2) is 0 Å². The lowest BCUT2D eigenvalue weighted by molar-refractivity contribution is -0.147. The Morgan fingerprint density at radius 2 is 1.83 bits per heavy atom. The summed E-state index contributed by atoms with van der Waals surface area (Å²) in [6, 6.07) is 1.90. The van der Waals surface area contributed by atoms with Gasteiger partial charge < -0.3 is 20.5 Å². The van der Waals surface area contributed by atoms with Crippen LogP contribution >= 0.6 is 11.3 Å². The topological polar surface area (TPSA) is 105 Å². The number of carbonyl (C=O) groups is 3. The molecule has 3 N–H and O–H groups in total. The molecular formula is C16H18N2O5S. The van der Waals surface area contributed by atoms with Gasteiger partial charge in [0.2, 0.25) is 5.91 Å². The Bertz CT molecular complexity index is 698. The highest BCUT2D eigenvalue weighted by atomic mass is 32.1. The SMILES string of the molecule is O=C(NC1CC1)c1ccsc1NC(=O)[C@H]1[C@@H](C(=O)O)[C@@H]2CC[C@@H]1O2. The van der Waals surface area contributed by atoms with Gasteiger partial charge in [-0.2, -0.15) is 0 Å². The van der Waals surface area contributed by atoms with Crippen molar-refractivity contribution in [2.24, 2.45) is 11.8 Å². The van der Waals surface area contributed by atoms with Crippen LogP contribution in [0.5, 0.6) is 0 Å². The smallest absolute Gasteiger partial charge is 0.310 e. The van der Waals surface area contributed by atoms with E-state index in [9.17, 15) is 19.5 Å². The molecular weight excluding hydrogens is 332 g/mol. The molecule has 24 heavy (non-hydrogen) atoms. The third kappa shape index (κ3) is 2.69. The number of hydrogen-bond donors (Lipinski definition) is 3. The molecule has 2 amide bonds. The van der Waals surface area contributed by atoms with Crippen LogP contribution in [-0.4, -0.2) is 41.1 Å². The summed E-state index contributed by atoms with van der Waals surface area (Å²) in [5, 5.41) is 17.3. The van der Waals surface area contributed by atoms with Gasteiger partial charge in [-0.3, -0.25) is 14.4 Å². The van der Waals surface area contributed by atoms with E-state index in [1.807, 2.05) is 0 Å². The molecule has 2 bridgehead atoms. The van der Waals surface area contributed by atoms with E-state index in [0.717, 1.165) is 12.8 Å². The molecule has 0 spiro atoms. The van der Waals surface area contributed by atoms with Crippen molar-refractivity contribution in [3.05, 3.63) is 17.0 Å². The van der Waals surface area contributed by atoms with Gasteiger partial charge in [-0.1, -0.05) is 0 Å². The molecule has 3 heterocycles. The van der Waals surface area contributed by atoms with Gasteiger partial charge in [0.05, 0.1) is 29.6 Å². The average Bonchev–Trinajstić information content (AvgIpc) is 2.98. The van der Waals surface area contributed by atoms with E-state index in [1.54, 1.807) is 11.4 Å². The number of carboxylic acid groups (broad SMARTS) is 1. The summed E-state index contributed by atoms with van der Waals surface area (Å²) < 4.78 is 5.62. The summed E-state index contributed by atoms with van der Waals surface area (Å²) in [6.45, 7) is 0. The molecule has 128 valence electrons. The van der Waals surface area contributed by atoms with Crippen molar-refractivity contribution in [2.75, 3.05) is 5.32 Å². The molecule has 2 aliphatic heterocycles. The Hall–Kier alpha value is -1.93. The van der Waals surface area contributed by atoms with Crippen molar-refractivity contribution in [3.63, 3.8) is 0 Å². The zero-order valence-corrected chi connectivity index (χ0v) is 13.7. The molecule has 0 unspecified atom stereocenters. The minimum Gasteiger partial charge on any atom is -0.481 e. The van der Waals surface area contributed by atoms with Crippen molar-refractivity contribution in [3.8, 4) is 0 Å². The van der Waals surface area contributed by atoms with Gasteiger partial charge in [0, 0.05) is 6.04 Å². The van der Waals surface area contributed by atoms with E-state index in [2.05, 4.69) is 10.6 Å². The minimum absolute atomic E-state index is 0.201. The summed E-state index contributed by atoms with van der Waals surface area (Å²) in [7, 11) is 0. The van der Waals surface area contributed by atoms with Crippen molar-refractivity contribution >= 4 is 34.1 Å². The predicted molar refractivity (Wildman–Crippen MR) is 85.9 cm³/mol. The van der Waals surface area contributed by atoms with Crippen molar-refractivity contribution in [1.82, 2.24) is 5.32 Å². The fraction of sp³-hybridized carbons (Fsp3) is 0.562. The first-order valence-corrected chi connectivity index (χ1v) is 9.00. The second kappa shape index (κ2) is 5.86. The molecule has 4 rings (SSSR count). The molecule has 3 aliphatic rings. The number of amides is 2. The average molecular weight is 350 g/mol. The van der Waals surface area contributed by atoms with Gasteiger partial charge in [0.25, 0.3) is 5.91 Å². The lowest BCUT2D eigenvalue weighted by Crippen LogP contribution is -2.41. The first kappa shape index (κ1) is 15.6. The second-order valence-corrected chi connectivity index (χ2v) is 7.50. The van der Waals surface area contributed by atoms with E-state index < -0.39 is 17.8 Å². The van der Waals surface area contributed by atoms with Crippen LogP contribution < -0.4 is 10.6 Å². The molecule has 8 heteroatoms. The molecule has 1 aliphatic carbocycles. The minimum atomic E-state index is -1.000. The Morgan fingerprint density at radius 1 is 1.12 bits per heavy atom. The third-order valence-electron chi connectivity index (χ3n) is 4.92. The van der Waals surface area contributed by atoms with E-state index in [-0.39, 0.29) is 30.1 Å². The van der Waals surface area contributed by atoms with Gasteiger partial charge in [0.1, 0.15) is 5.00 Å². The van der Waals surface area contributed by atoms with E-state index in [4.69, 9.17) is 4.74 Å². The van der Waals surface area contributed by atoms with E-state index >= 15 is 0 Å². The Kier molecular flexibility index (Phi) is 3.80. The molecule has 0 aromatic carbocycles. The Balaban J connectivity index is 1.49. The van der Waals surface area contributed by atoms with Gasteiger partial charge in [-0.05, 0) is 37.1 Å². The van der Waals surface area contributed by atoms with E-state index in [1.165, 1.54) is 11.3 Å². The lowest BCUT2D eigenvalue weighted by atomic mass is 9.79. The molecule has 1 saturated carbocycles. The summed E-state index contributed by atoms with van der Waals surface area (Å²) in [4.78, 5) is 36.3. The van der Waals surface area contributed by atoms with E-state index in [0.29, 0.717) is 23.4 Å². The van der Waals surface area contributed by atoms with Crippen LogP contribution in [-0.2, 0) is 14.3 Å². The Labute approximate surface area is 142 Å². The van der Waals surface area contributed by atoms with Crippen LogP contribution in [0.1, 0.15) is 36.0 Å². The number of hydrogen-bond acceptors (Lipinski definition) is 5. The summed E-state index contributed by atoms with van der Waals surface area (Å²) >= 11 is 1.26. The molecule has 1 aromatic heterocycles. The molecule has 1 aromatic rings. The number of rotatable bonds is 5. The maximum absolute atomic E-state index is 12.6. The monoisotopic (exact) mass is 350 g/mol. The number of carbonyl (C=O) groups excluding carboxylic acids is 2. The Morgan fingerprint density at radius 3 is 2.50 bits per heavy atom. The normalized spacial score (nSPS) is 31.0.